The molecule has 0 unspecified atom stereocenters. The first-order valence-electron chi connectivity index (χ1n) is 7.12. The van der Waals surface area contributed by atoms with Crippen LogP contribution in [0.15, 0.2) is 12.1 Å². The van der Waals surface area contributed by atoms with Crippen molar-refractivity contribution in [2.45, 2.75) is 32.6 Å². The molecule has 1 atom stereocenters. The Labute approximate surface area is 118 Å². The molecule has 3 heterocycles. The predicted octanol–water partition coefficient (Wildman–Crippen LogP) is 2.00. The van der Waals surface area contributed by atoms with Crippen LogP contribution in [0.3, 0.4) is 0 Å². The second-order valence-electron chi connectivity index (χ2n) is 5.62. The van der Waals surface area contributed by atoms with Crippen LogP contribution in [0.4, 0.5) is 0 Å². The molecule has 0 radical (unpaired) electrons. The van der Waals surface area contributed by atoms with Crippen LogP contribution < -0.4 is 0 Å². The van der Waals surface area contributed by atoms with Gasteiger partial charge in [0.2, 0.25) is 5.91 Å². The third kappa shape index (κ3) is 2.17. The Morgan fingerprint density at radius 2 is 2.20 bits per heavy atom. The number of likely N-dealkylation sites (tertiary alicyclic amines) is 1. The molecular weight excluding hydrogens is 252 g/mol. The number of hydrogen-bond acceptors (Lipinski definition) is 3. The van der Waals surface area contributed by atoms with Crippen LogP contribution in [0.2, 0.25) is 0 Å². The van der Waals surface area contributed by atoms with Gasteiger partial charge in [0.25, 0.3) is 0 Å². The van der Waals surface area contributed by atoms with Crippen LogP contribution in [-0.4, -0.2) is 38.7 Å². The summed E-state index contributed by atoms with van der Waals surface area (Å²) in [5, 5.41) is 5.52. The van der Waals surface area contributed by atoms with E-state index in [4.69, 9.17) is 4.98 Å². The fourth-order valence-corrected chi connectivity index (χ4v) is 3.05. The van der Waals surface area contributed by atoms with Crippen molar-refractivity contribution in [3.8, 4) is 0 Å². The van der Waals surface area contributed by atoms with Gasteiger partial charge in [-0.15, -0.1) is 0 Å². The molecule has 1 saturated heterocycles. The second-order valence-corrected chi connectivity index (χ2v) is 5.62. The van der Waals surface area contributed by atoms with Gasteiger partial charge in [-0.1, -0.05) is 0 Å². The summed E-state index contributed by atoms with van der Waals surface area (Å²) in [7, 11) is 1.93. The maximum absolute atomic E-state index is 11.5. The lowest BCUT2D eigenvalue weighted by atomic mass is 9.94. The first-order valence-corrected chi connectivity index (χ1v) is 7.12. The molecule has 1 aliphatic heterocycles. The van der Waals surface area contributed by atoms with Crippen molar-refractivity contribution in [1.29, 1.82) is 0 Å². The summed E-state index contributed by atoms with van der Waals surface area (Å²) in [4.78, 5) is 18.2. The van der Waals surface area contributed by atoms with Gasteiger partial charge in [-0.05, 0) is 31.9 Å². The van der Waals surface area contributed by atoms with E-state index in [-0.39, 0.29) is 5.91 Å². The van der Waals surface area contributed by atoms with E-state index >= 15 is 0 Å². The molecule has 2 aromatic rings. The third-order valence-electron chi connectivity index (χ3n) is 4.18. The van der Waals surface area contributed by atoms with Crippen molar-refractivity contribution < 1.29 is 4.79 Å². The van der Waals surface area contributed by atoms with Gasteiger partial charge in [0, 0.05) is 44.1 Å². The molecule has 5 heteroatoms. The molecule has 106 valence electrons. The molecule has 0 aromatic carbocycles. The summed E-state index contributed by atoms with van der Waals surface area (Å²) in [5.41, 5.74) is 3.02. The topological polar surface area (TPSA) is 51.0 Å². The predicted molar refractivity (Wildman–Crippen MR) is 77.5 cm³/mol. The Kier molecular flexibility index (Phi) is 3.20. The van der Waals surface area contributed by atoms with E-state index in [1.165, 1.54) is 0 Å². The standard InChI is InChI=1S/C15H20N4O/c1-10-13-6-7-14(16-15(13)18(3)17-10)12-5-4-8-19(9-12)11(2)20/h6-7,12H,4-5,8-9H2,1-3H3/t12-/m0/s1. The van der Waals surface area contributed by atoms with Crippen molar-refractivity contribution in [1.82, 2.24) is 19.7 Å². The summed E-state index contributed by atoms with van der Waals surface area (Å²) in [6.07, 6.45) is 2.15. The summed E-state index contributed by atoms with van der Waals surface area (Å²) in [6.45, 7) is 5.30. The smallest absolute Gasteiger partial charge is 0.219 e. The van der Waals surface area contributed by atoms with Crippen LogP contribution in [0.5, 0.6) is 0 Å². The highest BCUT2D eigenvalue weighted by Crippen LogP contribution is 2.27. The normalized spacial score (nSPS) is 19.6. The third-order valence-corrected chi connectivity index (χ3v) is 4.18. The second kappa shape index (κ2) is 4.89. The van der Waals surface area contributed by atoms with E-state index in [1.54, 1.807) is 6.92 Å². The number of pyridine rings is 1. The molecule has 0 saturated carbocycles. The zero-order chi connectivity index (χ0) is 14.3. The van der Waals surface area contributed by atoms with Crippen LogP contribution in [0.25, 0.3) is 11.0 Å². The van der Waals surface area contributed by atoms with E-state index in [2.05, 4.69) is 17.2 Å². The zero-order valence-corrected chi connectivity index (χ0v) is 12.3. The van der Waals surface area contributed by atoms with E-state index in [0.29, 0.717) is 5.92 Å². The van der Waals surface area contributed by atoms with Crippen molar-refractivity contribution in [2.24, 2.45) is 7.05 Å². The van der Waals surface area contributed by atoms with Gasteiger partial charge < -0.3 is 4.90 Å². The minimum Gasteiger partial charge on any atom is -0.342 e. The largest absolute Gasteiger partial charge is 0.342 e. The number of aromatic nitrogens is 3. The average molecular weight is 272 g/mol. The van der Waals surface area contributed by atoms with Crippen LogP contribution in [0.1, 0.15) is 37.1 Å². The molecule has 20 heavy (non-hydrogen) atoms. The molecule has 0 bridgehead atoms. The fourth-order valence-electron chi connectivity index (χ4n) is 3.05. The number of piperidine rings is 1. The Bertz CT molecular complexity index is 661. The number of rotatable bonds is 1. The summed E-state index contributed by atoms with van der Waals surface area (Å²) >= 11 is 0. The molecule has 0 N–H and O–H groups in total. The Morgan fingerprint density at radius 1 is 1.40 bits per heavy atom. The number of amides is 1. The van der Waals surface area contributed by atoms with E-state index < -0.39 is 0 Å². The van der Waals surface area contributed by atoms with Gasteiger partial charge in [-0.25, -0.2) is 4.98 Å². The molecule has 5 nitrogen and oxygen atoms in total. The molecule has 0 spiro atoms. The fraction of sp³-hybridized carbons (Fsp3) is 0.533. The average Bonchev–Trinajstić information content (AvgIpc) is 2.74. The maximum atomic E-state index is 11.5. The van der Waals surface area contributed by atoms with Gasteiger partial charge in [-0.3, -0.25) is 9.48 Å². The van der Waals surface area contributed by atoms with Gasteiger partial charge in [0.1, 0.15) is 0 Å². The number of nitrogens with zero attached hydrogens (tertiary/aromatic N) is 4. The molecule has 1 aliphatic rings. The van der Waals surface area contributed by atoms with E-state index in [1.807, 2.05) is 23.6 Å². The molecule has 0 aliphatic carbocycles. The minimum absolute atomic E-state index is 0.159. The highest BCUT2D eigenvalue weighted by atomic mass is 16.2. The lowest BCUT2D eigenvalue weighted by Crippen LogP contribution is -2.37. The number of hydrogen-bond donors (Lipinski definition) is 0. The number of aryl methyl sites for hydroxylation is 2. The summed E-state index contributed by atoms with van der Waals surface area (Å²) < 4.78 is 1.83. The van der Waals surface area contributed by atoms with E-state index in [0.717, 1.165) is 48.4 Å². The van der Waals surface area contributed by atoms with Crippen LogP contribution in [-0.2, 0) is 11.8 Å². The monoisotopic (exact) mass is 272 g/mol. The maximum Gasteiger partial charge on any atom is 0.219 e. The van der Waals surface area contributed by atoms with Crippen molar-refractivity contribution in [2.75, 3.05) is 13.1 Å². The van der Waals surface area contributed by atoms with Crippen LogP contribution in [0, 0.1) is 6.92 Å². The number of fused-ring (bicyclic) bond motifs is 1. The Hall–Kier alpha value is -1.91. The summed E-state index contributed by atoms with van der Waals surface area (Å²) in [6, 6.07) is 4.19. The molecular formula is C15H20N4O. The number of carbonyl (C=O) groups excluding carboxylic acids is 1. The van der Waals surface area contributed by atoms with Crippen molar-refractivity contribution in [3.63, 3.8) is 0 Å². The van der Waals surface area contributed by atoms with Gasteiger partial charge in [0.15, 0.2) is 5.65 Å². The lowest BCUT2D eigenvalue weighted by Gasteiger charge is -2.31. The molecule has 1 amide bonds. The SMILES string of the molecule is CC(=O)N1CCC[C@H](c2ccc3c(C)nn(C)c3n2)C1. The van der Waals surface area contributed by atoms with E-state index in [9.17, 15) is 4.79 Å². The lowest BCUT2D eigenvalue weighted by molar-refractivity contribution is -0.130. The van der Waals surface area contributed by atoms with Crippen LogP contribution >= 0.6 is 0 Å². The molecule has 1 fully saturated rings. The van der Waals surface area contributed by atoms with Gasteiger partial charge >= 0.3 is 0 Å². The highest BCUT2D eigenvalue weighted by molar-refractivity contribution is 5.78. The molecule has 2 aromatic heterocycles. The first-order chi connectivity index (χ1) is 9.56. The Morgan fingerprint density at radius 3 is 2.95 bits per heavy atom. The van der Waals surface area contributed by atoms with Gasteiger partial charge in [-0.2, -0.15) is 5.10 Å². The highest BCUT2D eigenvalue weighted by Gasteiger charge is 2.24. The van der Waals surface area contributed by atoms with Gasteiger partial charge in [0.05, 0.1) is 5.69 Å². The molecule has 3 rings (SSSR count). The zero-order valence-electron chi connectivity index (χ0n) is 12.3. The van der Waals surface area contributed by atoms with Crippen molar-refractivity contribution >= 4 is 16.9 Å². The summed E-state index contributed by atoms with van der Waals surface area (Å²) in [5.74, 6) is 0.499. The quantitative estimate of drug-likeness (QED) is 0.798. The van der Waals surface area contributed by atoms with Crippen molar-refractivity contribution in [3.05, 3.63) is 23.5 Å². The first kappa shape index (κ1) is 13.1. The number of carbonyl (C=O) groups is 1. The minimum atomic E-state index is 0.159. The Balaban J connectivity index is 1.93.